The lowest BCUT2D eigenvalue weighted by atomic mass is 10.2. The van der Waals surface area contributed by atoms with Crippen LogP contribution in [0.2, 0.25) is 0 Å². The number of amides is 3. The largest absolute Gasteiger partial charge is 0.467 e. The Morgan fingerprint density at radius 2 is 1.96 bits per heavy atom. The Morgan fingerprint density at radius 1 is 1.16 bits per heavy atom. The Hall–Kier alpha value is -2.96. The molecule has 0 aliphatic carbocycles. The van der Waals surface area contributed by atoms with Crippen LogP contribution in [0.25, 0.3) is 0 Å². The van der Waals surface area contributed by atoms with Crippen LogP contribution < -0.4 is 0 Å². The Balaban J connectivity index is 1.66. The van der Waals surface area contributed by atoms with Crippen LogP contribution in [0.3, 0.4) is 0 Å². The third-order valence-corrected chi connectivity index (χ3v) is 4.08. The normalized spacial score (nSPS) is 14.2. The van der Waals surface area contributed by atoms with Gasteiger partial charge in [0.05, 0.1) is 12.8 Å². The Kier molecular flexibility index (Phi) is 5.23. The molecule has 0 unspecified atom stereocenters. The molecule has 2 aromatic rings. The van der Waals surface area contributed by atoms with E-state index >= 15 is 0 Å². The van der Waals surface area contributed by atoms with Gasteiger partial charge in [-0.05, 0) is 23.8 Å². The number of likely N-dealkylation sites (tertiary alicyclic amines) is 1. The Bertz CT molecular complexity index is 727. The summed E-state index contributed by atoms with van der Waals surface area (Å²) in [4.78, 5) is 42.9. The number of pyridine rings is 1. The van der Waals surface area contributed by atoms with Gasteiger partial charge in [-0.2, -0.15) is 0 Å². The fourth-order valence-electron chi connectivity index (χ4n) is 2.77. The van der Waals surface area contributed by atoms with Crippen LogP contribution in [0.15, 0.2) is 47.3 Å². The first-order valence-corrected chi connectivity index (χ1v) is 8.16. The quantitative estimate of drug-likeness (QED) is 0.716. The fraction of sp³-hybridized carbons (Fsp3) is 0.333. The van der Waals surface area contributed by atoms with Crippen LogP contribution in [0.4, 0.5) is 0 Å². The molecule has 1 aliphatic heterocycles. The van der Waals surface area contributed by atoms with E-state index < -0.39 is 0 Å². The maximum absolute atomic E-state index is 12.7. The van der Waals surface area contributed by atoms with Gasteiger partial charge in [0.15, 0.2) is 0 Å². The first kappa shape index (κ1) is 16.9. The van der Waals surface area contributed by atoms with Crippen molar-refractivity contribution in [1.82, 2.24) is 14.8 Å². The zero-order valence-electron chi connectivity index (χ0n) is 13.8. The molecule has 0 aromatic carbocycles. The average molecular weight is 341 g/mol. The summed E-state index contributed by atoms with van der Waals surface area (Å²) >= 11 is 0. The third kappa shape index (κ3) is 4.32. The number of furan rings is 1. The number of aromatic nitrogens is 1. The van der Waals surface area contributed by atoms with Gasteiger partial charge in [0.1, 0.15) is 5.76 Å². The van der Waals surface area contributed by atoms with Gasteiger partial charge in [0, 0.05) is 44.7 Å². The SMILES string of the molecule is O=C(CCN1C(=O)CCC1=O)N(Cc1cccnc1)Cc1ccco1. The second-order valence-corrected chi connectivity index (χ2v) is 5.88. The Morgan fingerprint density at radius 3 is 2.60 bits per heavy atom. The van der Waals surface area contributed by atoms with E-state index in [-0.39, 0.29) is 43.5 Å². The number of imide groups is 1. The third-order valence-electron chi connectivity index (χ3n) is 4.08. The van der Waals surface area contributed by atoms with E-state index in [0.717, 1.165) is 5.56 Å². The first-order valence-electron chi connectivity index (χ1n) is 8.16. The van der Waals surface area contributed by atoms with Crippen molar-refractivity contribution < 1.29 is 18.8 Å². The fourth-order valence-corrected chi connectivity index (χ4v) is 2.77. The van der Waals surface area contributed by atoms with Gasteiger partial charge in [0.25, 0.3) is 0 Å². The van der Waals surface area contributed by atoms with Crippen LogP contribution in [0.5, 0.6) is 0 Å². The molecule has 3 amide bonds. The predicted octanol–water partition coefficient (Wildman–Crippen LogP) is 1.74. The molecule has 1 saturated heterocycles. The summed E-state index contributed by atoms with van der Waals surface area (Å²) in [5.74, 6) is 0.114. The number of rotatable bonds is 7. The van der Waals surface area contributed by atoms with Gasteiger partial charge in [-0.25, -0.2) is 0 Å². The highest BCUT2D eigenvalue weighted by Crippen LogP contribution is 2.15. The second kappa shape index (κ2) is 7.74. The molecule has 0 saturated carbocycles. The summed E-state index contributed by atoms with van der Waals surface area (Å²) in [6.07, 6.45) is 5.50. The van der Waals surface area contributed by atoms with Gasteiger partial charge in [-0.3, -0.25) is 24.3 Å². The van der Waals surface area contributed by atoms with Crippen molar-refractivity contribution in [2.75, 3.05) is 6.54 Å². The van der Waals surface area contributed by atoms with E-state index in [9.17, 15) is 14.4 Å². The minimum Gasteiger partial charge on any atom is -0.467 e. The molecule has 0 radical (unpaired) electrons. The lowest BCUT2D eigenvalue weighted by Crippen LogP contribution is -2.36. The predicted molar refractivity (Wildman–Crippen MR) is 87.8 cm³/mol. The minimum atomic E-state index is -0.206. The number of carbonyl (C=O) groups is 3. The van der Waals surface area contributed by atoms with Gasteiger partial charge in [0.2, 0.25) is 17.7 Å². The van der Waals surface area contributed by atoms with Crippen LogP contribution in [0.1, 0.15) is 30.6 Å². The van der Waals surface area contributed by atoms with Crippen molar-refractivity contribution in [3.8, 4) is 0 Å². The van der Waals surface area contributed by atoms with Crippen molar-refractivity contribution >= 4 is 17.7 Å². The number of carbonyl (C=O) groups excluding carboxylic acids is 3. The molecule has 0 atom stereocenters. The highest BCUT2D eigenvalue weighted by atomic mass is 16.3. The number of nitrogens with zero attached hydrogens (tertiary/aromatic N) is 3. The van der Waals surface area contributed by atoms with Crippen molar-refractivity contribution in [2.24, 2.45) is 0 Å². The highest BCUT2D eigenvalue weighted by Gasteiger charge is 2.29. The van der Waals surface area contributed by atoms with E-state index in [1.54, 1.807) is 35.7 Å². The average Bonchev–Trinajstić information content (AvgIpc) is 3.24. The molecule has 25 heavy (non-hydrogen) atoms. The van der Waals surface area contributed by atoms with E-state index in [1.165, 1.54) is 4.90 Å². The molecule has 1 aliphatic rings. The molecule has 7 nitrogen and oxygen atoms in total. The van der Waals surface area contributed by atoms with E-state index in [2.05, 4.69) is 4.98 Å². The molecule has 130 valence electrons. The molecule has 0 spiro atoms. The Labute approximate surface area is 145 Å². The van der Waals surface area contributed by atoms with Crippen molar-refractivity contribution in [1.29, 1.82) is 0 Å². The molecule has 3 rings (SSSR count). The van der Waals surface area contributed by atoms with Crippen LogP contribution in [-0.4, -0.2) is 39.1 Å². The second-order valence-electron chi connectivity index (χ2n) is 5.88. The lowest BCUT2D eigenvalue weighted by Gasteiger charge is -2.23. The van der Waals surface area contributed by atoms with E-state index in [1.807, 2.05) is 12.1 Å². The zero-order chi connectivity index (χ0) is 17.6. The molecule has 0 N–H and O–H groups in total. The smallest absolute Gasteiger partial charge is 0.229 e. The molecule has 7 heteroatoms. The topological polar surface area (TPSA) is 83.7 Å². The number of hydrogen-bond donors (Lipinski definition) is 0. The van der Waals surface area contributed by atoms with Gasteiger partial charge in [-0.1, -0.05) is 6.07 Å². The van der Waals surface area contributed by atoms with Gasteiger partial charge < -0.3 is 9.32 Å². The summed E-state index contributed by atoms with van der Waals surface area (Å²) in [6, 6.07) is 7.27. The van der Waals surface area contributed by atoms with Crippen LogP contribution in [-0.2, 0) is 27.5 Å². The molecule has 2 aromatic heterocycles. The van der Waals surface area contributed by atoms with Crippen molar-refractivity contribution in [2.45, 2.75) is 32.4 Å². The summed E-state index contributed by atoms with van der Waals surface area (Å²) in [5, 5.41) is 0. The molecule has 3 heterocycles. The maximum Gasteiger partial charge on any atom is 0.229 e. The summed E-state index contributed by atoms with van der Waals surface area (Å²) in [5.41, 5.74) is 0.899. The number of hydrogen-bond acceptors (Lipinski definition) is 5. The van der Waals surface area contributed by atoms with Crippen LogP contribution in [0, 0.1) is 0 Å². The maximum atomic E-state index is 12.7. The first-order chi connectivity index (χ1) is 12.1. The monoisotopic (exact) mass is 341 g/mol. The molecular formula is C18H19N3O4. The minimum absolute atomic E-state index is 0.0957. The highest BCUT2D eigenvalue weighted by molar-refractivity contribution is 6.02. The molecular weight excluding hydrogens is 322 g/mol. The van der Waals surface area contributed by atoms with Crippen molar-refractivity contribution in [3.63, 3.8) is 0 Å². The van der Waals surface area contributed by atoms with Gasteiger partial charge >= 0.3 is 0 Å². The van der Waals surface area contributed by atoms with E-state index in [0.29, 0.717) is 18.8 Å². The van der Waals surface area contributed by atoms with Gasteiger partial charge in [-0.15, -0.1) is 0 Å². The van der Waals surface area contributed by atoms with Crippen LogP contribution >= 0.6 is 0 Å². The zero-order valence-corrected chi connectivity index (χ0v) is 13.8. The summed E-state index contributed by atoms with van der Waals surface area (Å²) in [6.45, 7) is 0.829. The summed E-state index contributed by atoms with van der Waals surface area (Å²) in [7, 11) is 0. The lowest BCUT2D eigenvalue weighted by molar-refractivity contribution is -0.139. The van der Waals surface area contributed by atoms with Crippen molar-refractivity contribution in [3.05, 3.63) is 54.2 Å². The standard InChI is InChI=1S/C18H19N3O4/c22-16(7-9-21-17(23)5-6-18(21)24)20(13-15-4-2-10-25-15)12-14-3-1-8-19-11-14/h1-4,8,10-11H,5-7,9,12-13H2. The molecule has 0 bridgehead atoms. The summed E-state index contributed by atoms with van der Waals surface area (Å²) < 4.78 is 5.34. The van der Waals surface area contributed by atoms with E-state index in [4.69, 9.17) is 4.42 Å². The molecule has 1 fully saturated rings.